The Kier molecular flexibility index (Phi) is 4.22. The fraction of sp³-hybridized carbons (Fsp3) is 0.692. The number of carbonyl (C=O) groups excluding carboxylic acids is 1. The molecule has 1 fully saturated rings. The van der Waals surface area contributed by atoms with Crippen molar-refractivity contribution in [2.45, 2.75) is 32.2 Å². The number of Topliss-reactive ketones (excluding diaryl/α,β-unsaturated/α-hetero) is 1. The van der Waals surface area contributed by atoms with Crippen molar-refractivity contribution in [1.29, 1.82) is 0 Å². The third kappa shape index (κ3) is 2.67. The van der Waals surface area contributed by atoms with Gasteiger partial charge in [-0.3, -0.25) is 9.48 Å². The standard InChI is InChI=1S/C13H20BrN3O/c1-9-10(4-5-12(9)18)13-11(14)8-15-17(13)7-6-16(2)3/h8-10H,4-7H2,1-3H3. The fourth-order valence-corrected chi connectivity index (χ4v) is 3.18. The second kappa shape index (κ2) is 5.53. The van der Waals surface area contributed by atoms with Crippen LogP contribution in [-0.2, 0) is 11.3 Å². The summed E-state index contributed by atoms with van der Waals surface area (Å²) in [5.74, 6) is 0.819. The summed E-state index contributed by atoms with van der Waals surface area (Å²) in [4.78, 5) is 13.9. The molecule has 0 aromatic carbocycles. The van der Waals surface area contributed by atoms with Crippen LogP contribution in [0.4, 0.5) is 0 Å². The maximum absolute atomic E-state index is 11.7. The average Bonchev–Trinajstić information content (AvgIpc) is 2.82. The van der Waals surface area contributed by atoms with Crippen molar-refractivity contribution in [1.82, 2.24) is 14.7 Å². The normalized spacial score (nSPS) is 24.2. The van der Waals surface area contributed by atoms with Crippen LogP contribution < -0.4 is 0 Å². The largest absolute Gasteiger partial charge is 0.308 e. The number of nitrogens with zero attached hydrogens (tertiary/aromatic N) is 3. The van der Waals surface area contributed by atoms with Crippen LogP contribution in [0, 0.1) is 5.92 Å². The molecule has 100 valence electrons. The molecule has 0 radical (unpaired) electrons. The summed E-state index contributed by atoms with van der Waals surface area (Å²) < 4.78 is 3.08. The highest BCUT2D eigenvalue weighted by Crippen LogP contribution is 2.39. The molecular weight excluding hydrogens is 294 g/mol. The van der Waals surface area contributed by atoms with E-state index in [9.17, 15) is 4.79 Å². The summed E-state index contributed by atoms with van der Waals surface area (Å²) >= 11 is 3.57. The Balaban J connectivity index is 2.21. The van der Waals surface area contributed by atoms with Gasteiger partial charge in [0, 0.05) is 24.8 Å². The quantitative estimate of drug-likeness (QED) is 0.856. The van der Waals surface area contributed by atoms with Gasteiger partial charge in [0.1, 0.15) is 5.78 Å². The van der Waals surface area contributed by atoms with Gasteiger partial charge in [0.25, 0.3) is 0 Å². The van der Waals surface area contributed by atoms with Gasteiger partial charge < -0.3 is 4.90 Å². The van der Waals surface area contributed by atoms with E-state index in [1.54, 1.807) is 0 Å². The average molecular weight is 314 g/mol. The van der Waals surface area contributed by atoms with E-state index < -0.39 is 0 Å². The van der Waals surface area contributed by atoms with Crippen LogP contribution in [0.15, 0.2) is 10.7 Å². The molecule has 0 N–H and O–H groups in total. The third-order valence-electron chi connectivity index (χ3n) is 3.76. The summed E-state index contributed by atoms with van der Waals surface area (Å²) in [5.41, 5.74) is 1.19. The van der Waals surface area contributed by atoms with E-state index >= 15 is 0 Å². The van der Waals surface area contributed by atoms with Crippen molar-refractivity contribution in [2.75, 3.05) is 20.6 Å². The van der Waals surface area contributed by atoms with Crippen molar-refractivity contribution in [3.8, 4) is 0 Å². The van der Waals surface area contributed by atoms with Crippen LogP contribution >= 0.6 is 15.9 Å². The SMILES string of the molecule is CC1C(=O)CCC1c1c(Br)cnn1CCN(C)C. The van der Waals surface area contributed by atoms with Crippen LogP contribution in [-0.4, -0.2) is 41.1 Å². The number of hydrogen-bond acceptors (Lipinski definition) is 3. The molecule has 18 heavy (non-hydrogen) atoms. The molecule has 2 rings (SSSR count). The third-order valence-corrected chi connectivity index (χ3v) is 4.37. The molecule has 1 heterocycles. The fourth-order valence-electron chi connectivity index (χ4n) is 2.59. The Bertz CT molecular complexity index is 441. The van der Waals surface area contributed by atoms with Crippen molar-refractivity contribution in [3.63, 3.8) is 0 Å². The van der Waals surface area contributed by atoms with Gasteiger partial charge in [-0.2, -0.15) is 5.10 Å². The first-order valence-electron chi connectivity index (χ1n) is 6.39. The summed E-state index contributed by atoms with van der Waals surface area (Å²) in [6, 6.07) is 0. The van der Waals surface area contributed by atoms with E-state index in [1.165, 1.54) is 5.69 Å². The number of ketones is 1. The molecule has 4 nitrogen and oxygen atoms in total. The number of carbonyl (C=O) groups is 1. The Labute approximate surface area is 116 Å². The first kappa shape index (κ1) is 13.7. The summed E-state index contributed by atoms with van der Waals surface area (Å²) in [7, 11) is 4.11. The maximum atomic E-state index is 11.7. The molecule has 1 aliphatic rings. The maximum Gasteiger partial charge on any atom is 0.136 e. The zero-order chi connectivity index (χ0) is 13.3. The Morgan fingerprint density at radius 2 is 2.28 bits per heavy atom. The van der Waals surface area contributed by atoms with Gasteiger partial charge in [-0.05, 0) is 36.4 Å². The molecule has 2 atom stereocenters. The van der Waals surface area contributed by atoms with Gasteiger partial charge in [0.2, 0.25) is 0 Å². The van der Waals surface area contributed by atoms with Crippen LogP contribution in [0.3, 0.4) is 0 Å². The second-order valence-electron chi connectivity index (χ2n) is 5.30. The van der Waals surface area contributed by atoms with E-state index in [2.05, 4.69) is 40.0 Å². The highest BCUT2D eigenvalue weighted by atomic mass is 79.9. The molecule has 0 aliphatic heterocycles. The molecule has 1 saturated carbocycles. The van der Waals surface area contributed by atoms with Gasteiger partial charge in [0.15, 0.2) is 0 Å². The molecule has 2 unspecified atom stereocenters. The van der Waals surface area contributed by atoms with Gasteiger partial charge in [-0.15, -0.1) is 0 Å². The minimum atomic E-state index is 0.121. The Morgan fingerprint density at radius 3 is 2.83 bits per heavy atom. The van der Waals surface area contributed by atoms with Crippen molar-refractivity contribution in [3.05, 3.63) is 16.4 Å². The monoisotopic (exact) mass is 313 g/mol. The number of aromatic nitrogens is 2. The van der Waals surface area contributed by atoms with Crippen molar-refractivity contribution < 1.29 is 4.79 Å². The van der Waals surface area contributed by atoms with Gasteiger partial charge >= 0.3 is 0 Å². The molecule has 1 aromatic heterocycles. The predicted molar refractivity (Wildman–Crippen MR) is 74.6 cm³/mol. The first-order valence-corrected chi connectivity index (χ1v) is 7.18. The minimum Gasteiger partial charge on any atom is -0.308 e. The van der Waals surface area contributed by atoms with Gasteiger partial charge in [-0.25, -0.2) is 0 Å². The van der Waals surface area contributed by atoms with E-state index in [0.717, 1.165) is 24.0 Å². The number of likely N-dealkylation sites (N-methyl/N-ethyl adjacent to an activating group) is 1. The molecule has 1 aromatic rings. The lowest BCUT2D eigenvalue weighted by atomic mass is 9.94. The van der Waals surface area contributed by atoms with E-state index in [0.29, 0.717) is 18.1 Å². The van der Waals surface area contributed by atoms with Crippen LogP contribution in [0.5, 0.6) is 0 Å². The lowest BCUT2D eigenvalue weighted by Gasteiger charge is -2.18. The lowest BCUT2D eigenvalue weighted by Crippen LogP contribution is -2.22. The van der Waals surface area contributed by atoms with Crippen LogP contribution in [0.2, 0.25) is 0 Å². The molecule has 1 aliphatic carbocycles. The van der Waals surface area contributed by atoms with Crippen molar-refractivity contribution >= 4 is 21.7 Å². The minimum absolute atomic E-state index is 0.121. The van der Waals surface area contributed by atoms with Gasteiger partial charge in [0.05, 0.1) is 22.9 Å². The Hall–Kier alpha value is -0.680. The van der Waals surface area contributed by atoms with Crippen LogP contribution in [0.25, 0.3) is 0 Å². The van der Waals surface area contributed by atoms with Gasteiger partial charge in [-0.1, -0.05) is 6.92 Å². The predicted octanol–water partition coefficient (Wildman–Crippen LogP) is 2.29. The number of rotatable bonds is 4. The molecule has 0 amide bonds. The van der Waals surface area contributed by atoms with Crippen molar-refractivity contribution in [2.24, 2.45) is 5.92 Å². The summed E-state index contributed by atoms with van der Waals surface area (Å²) in [6.07, 6.45) is 3.50. The Morgan fingerprint density at radius 1 is 1.56 bits per heavy atom. The molecule has 0 bridgehead atoms. The lowest BCUT2D eigenvalue weighted by molar-refractivity contribution is -0.120. The molecule has 5 heteroatoms. The highest BCUT2D eigenvalue weighted by molar-refractivity contribution is 9.10. The zero-order valence-electron chi connectivity index (χ0n) is 11.2. The number of halogens is 1. The van der Waals surface area contributed by atoms with Crippen LogP contribution in [0.1, 0.15) is 31.4 Å². The van der Waals surface area contributed by atoms with E-state index in [4.69, 9.17) is 0 Å². The molecular formula is C13H20BrN3O. The topological polar surface area (TPSA) is 38.1 Å². The smallest absolute Gasteiger partial charge is 0.136 e. The summed E-state index contributed by atoms with van der Waals surface area (Å²) in [5, 5.41) is 4.42. The molecule has 0 spiro atoms. The first-order chi connectivity index (χ1) is 8.50. The van der Waals surface area contributed by atoms with E-state index in [1.807, 2.05) is 17.8 Å². The van der Waals surface area contributed by atoms with E-state index in [-0.39, 0.29) is 5.92 Å². The zero-order valence-corrected chi connectivity index (χ0v) is 12.8. The molecule has 0 saturated heterocycles. The summed E-state index contributed by atoms with van der Waals surface area (Å²) in [6.45, 7) is 3.86. The number of hydrogen-bond donors (Lipinski definition) is 0. The second-order valence-corrected chi connectivity index (χ2v) is 6.16. The highest BCUT2D eigenvalue weighted by Gasteiger charge is 2.35.